The molecule has 10 heteroatoms. The van der Waals surface area contributed by atoms with E-state index in [1.807, 2.05) is 0 Å². The molecular weight excluding hydrogens is 412 g/mol. The second-order valence-electron chi connectivity index (χ2n) is 3.81. The molecule has 0 bridgehead atoms. The van der Waals surface area contributed by atoms with E-state index in [0.717, 1.165) is 0 Å². The molecule has 0 aliphatic heterocycles. The van der Waals surface area contributed by atoms with Crippen molar-refractivity contribution in [3.63, 3.8) is 0 Å². The highest BCUT2D eigenvalue weighted by Gasteiger charge is 2.38. The maximum atomic E-state index is 11.9. The number of hydrogen-bond donors (Lipinski definition) is 2. The third kappa shape index (κ3) is 4.90. The molecule has 0 radical (unpaired) electrons. The maximum absolute atomic E-state index is 11.9. The summed E-state index contributed by atoms with van der Waals surface area (Å²) >= 11 is 1.78. The molecule has 3 N–H and O–H groups in total. The van der Waals surface area contributed by atoms with Gasteiger partial charge in [0.15, 0.2) is 0 Å². The fourth-order valence-corrected chi connectivity index (χ4v) is 3.25. The summed E-state index contributed by atoms with van der Waals surface area (Å²) in [7, 11) is -3.90. The molecule has 1 aromatic rings. The molecule has 0 fully saturated rings. The lowest BCUT2D eigenvalue weighted by atomic mass is 10.1. The first-order valence-corrected chi connectivity index (χ1v) is 7.80. The number of amides is 1. The number of benzene rings is 1. The average molecular weight is 422 g/mol. The summed E-state index contributed by atoms with van der Waals surface area (Å²) in [6, 6.07) is 4.31. The summed E-state index contributed by atoms with van der Waals surface area (Å²) in [5, 5.41) is 6.71. The zero-order chi connectivity index (χ0) is 15.6. The van der Waals surface area contributed by atoms with E-state index in [1.54, 1.807) is 34.0 Å². The summed E-state index contributed by atoms with van der Waals surface area (Å²) in [5.41, 5.74) is 0.455. The van der Waals surface area contributed by atoms with Crippen molar-refractivity contribution in [2.24, 2.45) is 5.14 Å². The molecule has 1 aromatic carbocycles. The molecule has 0 aliphatic rings. The van der Waals surface area contributed by atoms with Gasteiger partial charge in [-0.2, -0.15) is 13.2 Å². The van der Waals surface area contributed by atoms with Crippen LogP contribution in [-0.2, 0) is 21.2 Å². The van der Waals surface area contributed by atoms with Crippen LogP contribution in [0.25, 0.3) is 0 Å². The number of nitrogens with two attached hydrogens (primary N) is 1. The van der Waals surface area contributed by atoms with Crippen molar-refractivity contribution in [1.29, 1.82) is 0 Å². The Morgan fingerprint density at radius 3 is 2.45 bits per heavy atom. The van der Waals surface area contributed by atoms with Crippen LogP contribution in [0.15, 0.2) is 23.1 Å². The second-order valence-corrected chi connectivity index (χ2v) is 6.51. The lowest BCUT2D eigenvalue weighted by Gasteiger charge is -2.09. The molecular formula is C10H10F3IN2O3S. The normalized spacial score (nSPS) is 12.2. The fraction of sp³-hybridized carbons (Fsp3) is 0.300. The molecule has 0 aliphatic carbocycles. The van der Waals surface area contributed by atoms with Crippen LogP contribution < -0.4 is 10.5 Å². The Morgan fingerprint density at radius 2 is 1.95 bits per heavy atom. The largest absolute Gasteiger partial charge is 0.471 e. The van der Waals surface area contributed by atoms with Gasteiger partial charge in [-0.3, -0.25) is 4.79 Å². The van der Waals surface area contributed by atoms with Crippen molar-refractivity contribution >= 4 is 38.5 Å². The Morgan fingerprint density at radius 1 is 1.35 bits per heavy atom. The number of halogens is 4. The molecule has 1 amide bonds. The van der Waals surface area contributed by atoms with E-state index in [9.17, 15) is 26.4 Å². The molecule has 0 atom stereocenters. The van der Waals surface area contributed by atoms with Gasteiger partial charge >= 0.3 is 12.1 Å². The highest BCUT2D eigenvalue weighted by atomic mass is 127. The van der Waals surface area contributed by atoms with Crippen LogP contribution in [0, 0.1) is 3.57 Å². The number of carbonyl (C=O) groups is 1. The predicted octanol–water partition coefficient (Wildman–Crippen LogP) is 1.16. The minimum Gasteiger partial charge on any atom is -0.348 e. The van der Waals surface area contributed by atoms with Crippen molar-refractivity contribution in [3.8, 4) is 0 Å². The third-order valence-electron chi connectivity index (χ3n) is 2.26. The first-order valence-electron chi connectivity index (χ1n) is 5.18. The van der Waals surface area contributed by atoms with Crippen molar-refractivity contribution in [1.82, 2.24) is 5.32 Å². The standard InChI is InChI=1S/C10H10F3IN2O3S/c11-10(12,13)9(17)16-4-3-6-1-2-7(14)8(5-6)20(15,18)19/h1-2,5H,3-4H2,(H,16,17)(H2,15,18,19). The van der Waals surface area contributed by atoms with Gasteiger partial charge in [0.05, 0.1) is 4.90 Å². The van der Waals surface area contributed by atoms with E-state index in [4.69, 9.17) is 5.14 Å². The van der Waals surface area contributed by atoms with Crippen molar-refractivity contribution in [3.05, 3.63) is 27.3 Å². The summed E-state index contributed by atoms with van der Waals surface area (Å²) in [6.45, 7) is -0.261. The molecule has 112 valence electrons. The number of hydrogen-bond acceptors (Lipinski definition) is 3. The topological polar surface area (TPSA) is 89.3 Å². The Labute approximate surface area is 126 Å². The van der Waals surface area contributed by atoms with Crippen molar-refractivity contribution in [2.45, 2.75) is 17.5 Å². The second kappa shape index (κ2) is 6.26. The molecule has 20 heavy (non-hydrogen) atoms. The van der Waals surface area contributed by atoms with Gasteiger partial charge in [0.2, 0.25) is 10.0 Å². The van der Waals surface area contributed by atoms with Crippen molar-refractivity contribution in [2.75, 3.05) is 6.54 Å². The van der Waals surface area contributed by atoms with Crippen LogP contribution >= 0.6 is 22.6 Å². The third-order valence-corrected chi connectivity index (χ3v) is 4.52. The van der Waals surface area contributed by atoms with E-state index in [2.05, 4.69) is 0 Å². The van der Waals surface area contributed by atoms with Crippen LogP contribution in [-0.4, -0.2) is 27.0 Å². The smallest absolute Gasteiger partial charge is 0.348 e. The zero-order valence-electron chi connectivity index (χ0n) is 9.87. The van der Waals surface area contributed by atoms with Gasteiger partial charge in [-0.15, -0.1) is 0 Å². The van der Waals surface area contributed by atoms with E-state index in [1.165, 1.54) is 12.1 Å². The summed E-state index contributed by atoms with van der Waals surface area (Å²) in [5.74, 6) is -2.03. The molecule has 0 heterocycles. The van der Waals surface area contributed by atoms with Gasteiger partial charge in [-0.25, -0.2) is 13.6 Å². The van der Waals surface area contributed by atoms with E-state index < -0.39 is 22.1 Å². The Kier molecular flexibility index (Phi) is 5.38. The van der Waals surface area contributed by atoms with Crippen LogP contribution in [0.2, 0.25) is 0 Å². The summed E-state index contributed by atoms with van der Waals surface area (Å²) in [6.07, 6.45) is -4.88. The zero-order valence-corrected chi connectivity index (χ0v) is 12.8. The molecule has 0 unspecified atom stereocenters. The first-order chi connectivity index (χ1) is 9.01. The monoisotopic (exact) mass is 422 g/mol. The molecule has 0 spiro atoms. The first kappa shape index (κ1) is 17.2. The van der Waals surface area contributed by atoms with Crippen LogP contribution in [0.3, 0.4) is 0 Å². The number of nitrogens with one attached hydrogen (secondary N) is 1. The highest BCUT2D eigenvalue weighted by Crippen LogP contribution is 2.19. The minimum atomic E-state index is -4.93. The van der Waals surface area contributed by atoms with E-state index in [-0.39, 0.29) is 17.9 Å². The number of carbonyl (C=O) groups excluding carboxylic acids is 1. The van der Waals surface area contributed by atoms with Gasteiger partial charge in [-0.05, 0) is 46.7 Å². The molecule has 1 rings (SSSR count). The van der Waals surface area contributed by atoms with Crippen LogP contribution in [0.1, 0.15) is 5.56 Å². The SMILES string of the molecule is NS(=O)(=O)c1cc(CCNC(=O)C(F)(F)F)ccc1I. The lowest BCUT2D eigenvalue weighted by molar-refractivity contribution is -0.173. The number of rotatable bonds is 4. The average Bonchev–Trinajstić information content (AvgIpc) is 2.28. The van der Waals surface area contributed by atoms with Crippen LogP contribution in [0.4, 0.5) is 13.2 Å². The number of primary sulfonamides is 1. The Hall–Kier alpha value is -0.880. The minimum absolute atomic E-state index is 0.0568. The number of sulfonamides is 1. The maximum Gasteiger partial charge on any atom is 0.471 e. The molecule has 5 nitrogen and oxygen atoms in total. The van der Waals surface area contributed by atoms with Crippen LogP contribution in [0.5, 0.6) is 0 Å². The lowest BCUT2D eigenvalue weighted by Crippen LogP contribution is -2.37. The fourth-order valence-electron chi connectivity index (χ4n) is 1.34. The summed E-state index contributed by atoms with van der Waals surface area (Å²) in [4.78, 5) is 10.5. The van der Waals surface area contributed by atoms with Gasteiger partial charge in [0, 0.05) is 10.1 Å². The van der Waals surface area contributed by atoms with Gasteiger partial charge < -0.3 is 5.32 Å². The molecule has 0 saturated heterocycles. The van der Waals surface area contributed by atoms with E-state index in [0.29, 0.717) is 9.13 Å². The van der Waals surface area contributed by atoms with Crippen molar-refractivity contribution < 1.29 is 26.4 Å². The molecule has 0 saturated carbocycles. The van der Waals surface area contributed by atoms with E-state index >= 15 is 0 Å². The Bertz CT molecular complexity index is 617. The summed E-state index contributed by atoms with van der Waals surface area (Å²) < 4.78 is 58.8. The quantitative estimate of drug-likeness (QED) is 0.714. The number of alkyl halides is 3. The van der Waals surface area contributed by atoms with Gasteiger partial charge in [0.1, 0.15) is 0 Å². The molecule has 0 aromatic heterocycles. The van der Waals surface area contributed by atoms with Gasteiger partial charge in [-0.1, -0.05) is 6.07 Å². The van der Waals surface area contributed by atoms with Gasteiger partial charge in [0.25, 0.3) is 0 Å². The highest BCUT2D eigenvalue weighted by molar-refractivity contribution is 14.1. The predicted molar refractivity (Wildman–Crippen MR) is 73.3 cm³/mol. The Balaban J connectivity index is 2.74.